The van der Waals surface area contributed by atoms with Gasteiger partial charge < -0.3 is 14.4 Å². The van der Waals surface area contributed by atoms with Crippen molar-refractivity contribution >= 4 is 22.7 Å². The zero-order valence-electron chi connectivity index (χ0n) is 17.1. The summed E-state index contributed by atoms with van der Waals surface area (Å²) < 4.78 is 1.96. The van der Waals surface area contributed by atoms with Crippen molar-refractivity contribution in [3.05, 3.63) is 66.1 Å². The minimum Gasteiger partial charge on any atom is -0.357 e. The van der Waals surface area contributed by atoms with Gasteiger partial charge in [-0.1, -0.05) is 18.2 Å². The van der Waals surface area contributed by atoms with Crippen molar-refractivity contribution in [2.45, 2.75) is 19.1 Å². The molecule has 2 aliphatic heterocycles. The van der Waals surface area contributed by atoms with E-state index in [-0.39, 0.29) is 18.4 Å². The van der Waals surface area contributed by atoms with E-state index in [1.807, 2.05) is 60.5 Å². The molecule has 2 amide bonds. The van der Waals surface area contributed by atoms with E-state index in [4.69, 9.17) is 0 Å². The van der Waals surface area contributed by atoms with E-state index in [1.165, 1.54) is 5.56 Å². The molecule has 0 aliphatic carbocycles. The van der Waals surface area contributed by atoms with E-state index in [1.54, 1.807) is 9.80 Å². The predicted octanol–water partition coefficient (Wildman–Crippen LogP) is 1.63. The number of nitrogens with zero attached hydrogens (tertiary/aromatic N) is 5. The molecule has 0 bridgehead atoms. The van der Waals surface area contributed by atoms with Crippen LogP contribution in [0.15, 0.2) is 55.0 Å². The molecule has 7 nitrogen and oxygen atoms in total. The van der Waals surface area contributed by atoms with Gasteiger partial charge in [0.15, 0.2) is 0 Å². The average Bonchev–Trinajstić information content (AvgIpc) is 3.16. The zero-order chi connectivity index (χ0) is 20.7. The van der Waals surface area contributed by atoms with Gasteiger partial charge in [-0.2, -0.15) is 0 Å². The quantitative estimate of drug-likeness (QED) is 0.664. The van der Waals surface area contributed by atoms with Gasteiger partial charge >= 0.3 is 0 Å². The number of rotatable bonds is 4. The molecule has 0 N–H and O–H groups in total. The minimum atomic E-state index is -0.406. The molecule has 2 aromatic heterocycles. The molecule has 7 heteroatoms. The fourth-order valence-electron chi connectivity index (χ4n) is 4.58. The summed E-state index contributed by atoms with van der Waals surface area (Å²) in [5.41, 5.74) is 3.22. The van der Waals surface area contributed by atoms with Crippen LogP contribution in [0.2, 0.25) is 0 Å². The third-order valence-corrected chi connectivity index (χ3v) is 6.11. The fraction of sp³-hybridized carbons (Fsp3) is 0.348. The molecule has 0 spiro atoms. The summed E-state index contributed by atoms with van der Waals surface area (Å²) in [6, 6.07) is 11.8. The van der Waals surface area contributed by atoms with Crippen molar-refractivity contribution in [2.24, 2.45) is 7.05 Å². The van der Waals surface area contributed by atoms with Gasteiger partial charge in [-0.15, -0.1) is 0 Å². The van der Waals surface area contributed by atoms with Crippen LogP contribution in [-0.4, -0.2) is 68.3 Å². The Balaban J connectivity index is 1.33. The molecule has 2 aliphatic rings. The van der Waals surface area contributed by atoms with Gasteiger partial charge in [0, 0.05) is 63.7 Å². The van der Waals surface area contributed by atoms with Crippen LogP contribution in [0.5, 0.6) is 0 Å². The molecule has 0 radical (unpaired) electrons. The Kier molecular flexibility index (Phi) is 4.75. The van der Waals surface area contributed by atoms with Gasteiger partial charge in [0.25, 0.3) is 0 Å². The van der Waals surface area contributed by atoms with Crippen LogP contribution in [-0.2, 0) is 29.7 Å². The van der Waals surface area contributed by atoms with Crippen LogP contribution < -0.4 is 0 Å². The molecule has 154 valence electrons. The summed E-state index contributed by atoms with van der Waals surface area (Å²) in [5, 5.41) is 1.14. The summed E-state index contributed by atoms with van der Waals surface area (Å²) in [7, 11) is 1.95. The Morgan fingerprint density at radius 2 is 1.93 bits per heavy atom. The van der Waals surface area contributed by atoms with E-state index < -0.39 is 6.04 Å². The smallest absolute Gasteiger partial charge is 0.247 e. The maximum atomic E-state index is 13.2. The molecule has 4 heterocycles. The number of aryl methyl sites for hydroxylation is 1. The van der Waals surface area contributed by atoms with E-state index >= 15 is 0 Å². The first-order valence-electron chi connectivity index (χ1n) is 10.3. The molecule has 5 rings (SSSR count). The van der Waals surface area contributed by atoms with Gasteiger partial charge in [-0.25, -0.2) is 0 Å². The Bertz CT molecular complexity index is 1100. The number of hydrogen-bond acceptors (Lipinski definition) is 4. The van der Waals surface area contributed by atoms with Gasteiger partial charge in [-0.3, -0.25) is 19.5 Å². The minimum absolute atomic E-state index is 0.0442. The molecule has 3 aromatic rings. The standard InChI is InChI=1S/C23H25N5O2/c1-25-9-7-17(12-25)13-27-16-22(29)28-11-10-26(15-21(28)23(27)30)14-18-6-8-24-20-5-3-2-4-19(18)20/h2-9,12,21H,10-11,13-16H2,1H3. The van der Waals surface area contributed by atoms with Crippen LogP contribution >= 0.6 is 0 Å². The number of carbonyl (C=O) groups excluding carboxylic acids is 2. The largest absolute Gasteiger partial charge is 0.357 e. The Hall–Kier alpha value is -3.19. The lowest BCUT2D eigenvalue weighted by Crippen LogP contribution is -2.66. The molecular weight excluding hydrogens is 378 g/mol. The van der Waals surface area contributed by atoms with Crippen LogP contribution in [0.1, 0.15) is 11.1 Å². The maximum absolute atomic E-state index is 13.2. The SMILES string of the molecule is Cn1ccc(CN2CC(=O)N3CCN(Cc4ccnc5ccccc45)CC3C2=O)c1. The lowest BCUT2D eigenvalue weighted by Gasteiger charge is -2.46. The van der Waals surface area contributed by atoms with Crippen molar-refractivity contribution in [1.82, 2.24) is 24.3 Å². The molecular formula is C23H25N5O2. The van der Waals surface area contributed by atoms with Crippen molar-refractivity contribution in [2.75, 3.05) is 26.2 Å². The second kappa shape index (κ2) is 7.57. The Morgan fingerprint density at radius 1 is 1.07 bits per heavy atom. The highest BCUT2D eigenvalue weighted by atomic mass is 16.2. The highest BCUT2D eigenvalue weighted by Crippen LogP contribution is 2.23. The van der Waals surface area contributed by atoms with E-state index in [0.29, 0.717) is 19.6 Å². The van der Waals surface area contributed by atoms with Crippen molar-refractivity contribution in [1.29, 1.82) is 0 Å². The summed E-state index contributed by atoms with van der Waals surface area (Å²) in [5.74, 6) is 0.0901. The number of carbonyl (C=O) groups is 2. The lowest BCUT2D eigenvalue weighted by molar-refractivity contribution is -0.160. The zero-order valence-corrected chi connectivity index (χ0v) is 17.1. The highest BCUT2D eigenvalue weighted by Gasteiger charge is 2.42. The first kappa shape index (κ1) is 18.8. The Morgan fingerprint density at radius 3 is 2.77 bits per heavy atom. The van der Waals surface area contributed by atoms with Crippen LogP contribution in [0.4, 0.5) is 0 Å². The molecule has 30 heavy (non-hydrogen) atoms. The topological polar surface area (TPSA) is 61.7 Å². The number of para-hydroxylation sites is 1. The maximum Gasteiger partial charge on any atom is 0.247 e. The number of benzene rings is 1. The molecule has 2 saturated heterocycles. The first-order valence-corrected chi connectivity index (χ1v) is 10.3. The number of hydrogen-bond donors (Lipinski definition) is 0. The summed E-state index contributed by atoms with van der Waals surface area (Å²) in [6.45, 7) is 3.31. The Labute approximate surface area is 175 Å². The molecule has 1 aromatic carbocycles. The van der Waals surface area contributed by atoms with Gasteiger partial charge in [0.1, 0.15) is 12.6 Å². The highest BCUT2D eigenvalue weighted by molar-refractivity contribution is 5.95. The number of amides is 2. The van der Waals surface area contributed by atoms with Gasteiger partial charge in [0.05, 0.1) is 5.52 Å². The second-order valence-electron chi connectivity index (χ2n) is 8.20. The number of piperazine rings is 2. The summed E-state index contributed by atoms with van der Waals surface area (Å²) >= 11 is 0. The molecule has 1 unspecified atom stereocenters. The van der Waals surface area contributed by atoms with Crippen LogP contribution in [0.3, 0.4) is 0 Å². The predicted molar refractivity (Wildman–Crippen MR) is 113 cm³/mol. The summed E-state index contributed by atoms with van der Waals surface area (Å²) in [4.78, 5) is 36.1. The fourth-order valence-corrected chi connectivity index (χ4v) is 4.58. The average molecular weight is 403 g/mol. The number of fused-ring (bicyclic) bond motifs is 2. The first-order chi connectivity index (χ1) is 14.6. The van der Waals surface area contributed by atoms with Gasteiger partial charge in [-0.05, 0) is 29.3 Å². The van der Waals surface area contributed by atoms with E-state index in [9.17, 15) is 9.59 Å². The monoisotopic (exact) mass is 403 g/mol. The van der Waals surface area contributed by atoms with Crippen molar-refractivity contribution in [3.8, 4) is 0 Å². The summed E-state index contributed by atoms with van der Waals surface area (Å²) in [6.07, 6.45) is 5.79. The van der Waals surface area contributed by atoms with Crippen LogP contribution in [0.25, 0.3) is 10.9 Å². The normalized spacial score (nSPS) is 20.1. The number of aromatic nitrogens is 2. The lowest BCUT2D eigenvalue weighted by atomic mass is 10.0. The molecule has 2 fully saturated rings. The van der Waals surface area contributed by atoms with Crippen molar-refractivity contribution in [3.63, 3.8) is 0 Å². The molecule has 0 saturated carbocycles. The van der Waals surface area contributed by atoms with E-state index in [2.05, 4.69) is 16.0 Å². The van der Waals surface area contributed by atoms with Crippen LogP contribution in [0, 0.1) is 0 Å². The van der Waals surface area contributed by atoms with E-state index in [0.717, 1.165) is 29.6 Å². The van der Waals surface area contributed by atoms with Gasteiger partial charge in [0.2, 0.25) is 11.8 Å². The number of pyridine rings is 1. The third-order valence-electron chi connectivity index (χ3n) is 6.11. The third kappa shape index (κ3) is 3.45. The molecule has 1 atom stereocenters. The van der Waals surface area contributed by atoms with Crippen molar-refractivity contribution < 1.29 is 9.59 Å². The second-order valence-corrected chi connectivity index (χ2v) is 8.20.